The van der Waals surface area contributed by atoms with Crippen LogP contribution >= 0.6 is 11.3 Å². The maximum Gasteiger partial charge on any atom is 0.430 e. The topological polar surface area (TPSA) is 81.1 Å². The van der Waals surface area contributed by atoms with Crippen LogP contribution in [0, 0.1) is 0 Å². The molecule has 0 unspecified atom stereocenters. The monoisotopic (exact) mass is 580 g/mol. The largest absolute Gasteiger partial charge is 0.508 e. The van der Waals surface area contributed by atoms with E-state index in [0.29, 0.717) is 17.7 Å². The van der Waals surface area contributed by atoms with Gasteiger partial charge in [-0.2, -0.15) is 30.6 Å². The number of sulfonamides is 1. The van der Waals surface area contributed by atoms with E-state index >= 15 is 0 Å². The predicted octanol–water partition coefficient (Wildman–Crippen LogP) is 4.89. The Hall–Kier alpha value is -2.81. The second kappa shape index (κ2) is 10.1. The van der Waals surface area contributed by atoms with Crippen molar-refractivity contribution in [2.45, 2.75) is 34.6 Å². The van der Waals surface area contributed by atoms with Crippen molar-refractivity contribution in [3.63, 3.8) is 0 Å². The SMILES string of the molecule is O=S(=O)(c1cccs1)N1CCN(c2ccc(C(O)(C(F)(F)F)C(F)(F)F)cc2)[C@@H](Cc2ccccc2O)C1. The fourth-order valence-electron chi connectivity index (χ4n) is 4.42. The Morgan fingerprint density at radius 1 is 0.895 bits per heavy atom. The molecule has 0 aliphatic carbocycles. The predicted molar refractivity (Wildman–Crippen MR) is 128 cm³/mol. The Morgan fingerprint density at radius 3 is 2.08 bits per heavy atom. The van der Waals surface area contributed by atoms with Crippen LogP contribution in [0.4, 0.5) is 32.0 Å². The van der Waals surface area contributed by atoms with Crippen molar-refractivity contribution in [1.29, 1.82) is 0 Å². The highest BCUT2D eigenvalue weighted by atomic mass is 32.2. The van der Waals surface area contributed by atoms with E-state index in [-0.39, 0.29) is 41.7 Å². The lowest BCUT2D eigenvalue weighted by Crippen LogP contribution is -2.55. The molecule has 1 fully saturated rings. The van der Waals surface area contributed by atoms with Crippen molar-refractivity contribution in [3.05, 3.63) is 77.2 Å². The van der Waals surface area contributed by atoms with Gasteiger partial charge in [-0.05, 0) is 41.6 Å². The lowest BCUT2D eigenvalue weighted by atomic mass is 9.92. The average Bonchev–Trinajstić information content (AvgIpc) is 3.40. The number of piperazine rings is 1. The smallest absolute Gasteiger partial charge is 0.430 e. The number of aliphatic hydroxyl groups is 1. The highest BCUT2D eigenvalue weighted by Crippen LogP contribution is 2.50. The third-order valence-electron chi connectivity index (χ3n) is 6.42. The second-order valence-electron chi connectivity index (χ2n) is 8.73. The van der Waals surface area contributed by atoms with E-state index in [0.717, 1.165) is 23.5 Å². The summed E-state index contributed by atoms with van der Waals surface area (Å²) in [6.45, 7) is 0.0324. The molecular weight excluding hydrogens is 558 g/mol. The van der Waals surface area contributed by atoms with Crippen LogP contribution in [0.25, 0.3) is 0 Å². The molecule has 2 aromatic carbocycles. The van der Waals surface area contributed by atoms with Gasteiger partial charge in [-0.1, -0.05) is 36.4 Å². The van der Waals surface area contributed by atoms with Crippen molar-refractivity contribution >= 4 is 27.0 Å². The summed E-state index contributed by atoms with van der Waals surface area (Å²) in [4.78, 5) is 1.66. The second-order valence-corrected chi connectivity index (χ2v) is 11.8. The van der Waals surface area contributed by atoms with Crippen molar-refractivity contribution in [3.8, 4) is 5.75 Å². The van der Waals surface area contributed by atoms with Gasteiger partial charge in [-0.15, -0.1) is 11.3 Å². The molecule has 3 aromatic rings. The number of anilines is 1. The molecule has 2 heterocycles. The van der Waals surface area contributed by atoms with Crippen LogP contribution in [0.3, 0.4) is 0 Å². The maximum absolute atomic E-state index is 13.3. The number of phenols is 1. The van der Waals surface area contributed by atoms with Crippen LogP contribution in [0.2, 0.25) is 0 Å². The summed E-state index contributed by atoms with van der Waals surface area (Å²) < 4.78 is 107. The zero-order chi connectivity index (χ0) is 27.9. The summed E-state index contributed by atoms with van der Waals surface area (Å²) in [5.41, 5.74) is -5.73. The van der Waals surface area contributed by atoms with Crippen LogP contribution < -0.4 is 4.90 Å². The molecule has 2 N–H and O–H groups in total. The standard InChI is InChI=1S/C24H22F6N2O4S2/c25-23(26,27)22(34,24(28,29)30)17-7-9-18(10-8-17)32-12-11-31(38(35,36)21-6-3-13-37-21)15-19(32)14-16-4-1-2-5-20(16)33/h1-10,13,19,33-34H,11-12,14-15H2/t19-/m0/s1. The Morgan fingerprint density at radius 2 is 1.53 bits per heavy atom. The van der Waals surface area contributed by atoms with Crippen LogP contribution in [0.1, 0.15) is 11.1 Å². The minimum Gasteiger partial charge on any atom is -0.508 e. The highest BCUT2D eigenvalue weighted by molar-refractivity contribution is 7.91. The van der Waals surface area contributed by atoms with E-state index in [9.17, 15) is 45.0 Å². The molecular formula is C24H22F6N2O4S2. The summed E-state index contributed by atoms with van der Waals surface area (Å²) in [5, 5.41) is 21.6. The number of para-hydroxylation sites is 1. The van der Waals surface area contributed by atoms with E-state index in [1.807, 2.05) is 0 Å². The summed E-state index contributed by atoms with van der Waals surface area (Å²) in [7, 11) is -3.84. The van der Waals surface area contributed by atoms with Gasteiger partial charge < -0.3 is 15.1 Å². The van der Waals surface area contributed by atoms with Gasteiger partial charge in [0.15, 0.2) is 0 Å². The Balaban J connectivity index is 1.68. The third kappa shape index (κ3) is 5.09. The van der Waals surface area contributed by atoms with E-state index in [1.54, 1.807) is 34.5 Å². The average molecular weight is 581 g/mol. The summed E-state index contributed by atoms with van der Waals surface area (Å²) in [6, 6.07) is 12.0. The fourth-order valence-corrected chi connectivity index (χ4v) is 7.03. The van der Waals surface area contributed by atoms with E-state index in [4.69, 9.17) is 0 Å². The van der Waals surface area contributed by atoms with Gasteiger partial charge in [0.25, 0.3) is 15.6 Å². The molecule has 1 saturated heterocycles. The summed E-state index contributed by atoms with van der Waals surface area (Å²) >= 11 is 1.05. The summed E-state index contributed by atoms with van der Waals surface area (Å²) in [5.74, 6) is -0.0403. The quantitative estimate of drug-likeness (QED) is 0.406. The van der Waals surface area contributed by atoms with Crippen molar-refractivity contribution < 1.29 is 45.0 Å². The molecule has 1 aromatic heterocycles. The number of aromatic hydroxyl groups is 1. The lowest BCUT2D eigenvalue weighted by Gasteiger charge is -2.42. The van der Waals surface area contributed by atoms with Crippen molar-refractivity contribution in [1.82, 2.24) is 4.31 Å². The van der Waals surface area contributed by atoms with Crippen LogP contribution in [-0.4, -0.2) is 61.0 Å². The zero-order valence-electron chi connectivity index (χ0n) is 19.4. The Bertz CT molecular complexity index is 1350. The molecule has 38 heavy (non-hydrogen) atoms. The fraction of sp³-hybridized carbons (Fsp3) is 0.333. The minimum atomic E-state index is -6.01. The number of halogens is 6. The first kappa shape index (κ1) is 28.2. The number of nitrogens with zero attached hydrogens (tertiary/aromatic N) is 2. The Kier molecular flexibility index (Phi) is 7.47. The van der Waals surface area contributed by atoms with Gasteiger partial charge in [-0.25, -0.2) is 8.42 Å². The van der Waals surface area contributed by atoms with Gasteiger partial charge >= 0.3 is 12.4 Å². The Labute approximate surface area is 218 Å². The third-order valence-corrected chi connectivity index (χ3v) is 9.66. The number of thiophene rings is 1. The normalized spacial score (nSPS) is 18.1. The molecule has 0 bridgehead atoms. The van der Waals surface area contributed by atoms with E-state index in [2.05, 4.69) is 0 Å². The van der Waals surface area contributed by atoms with Gasteiger partial charge in [0.2, 0.25) is 0 Å². The maximum atomic E-state index is 13.3. The number of hydrogen-bond donors (Lipinski definition) is 2. The van der Waals surface area contributed by atoms with Crippen LogP contribution in [0.5, 0.6) is 5.75 Å². The van der Waals surface area contributed by atoms with Gasteiger partial charge in [-0.3, -0.25) is 0 Å². The van der Waals surface area contributed by atoms with Gasteiger partial charge in [0, 0.05) is 36.9 Å². The van der Waals surface area contributed by atoms with E-state index in [1.165, 1.54) is 16.4 Å². The van der Waals surface area contributed by atoms with Crippen molar-refractivity contribution in [2.75, 3.05) is 24.5 Å². The number of rotatable bonds is 6. The molecule has 4 rings (SSSR count). The first-order valence-electron chi connectivity index (χ1n) is 11.2. The molecule has 14 heteroatoms. The van der Waals surface area contributed by atoms with Crippen molar-refractivity contribution in [2.24, 2.45) is 0 Å². The van der Waals surface area contributed by atoms with E-state index < -0.39 is 39.6 Å². The number of benzene rings is 2. The molecule has 1 atom stereocenters. The highest BCUT2D eigenvalue weighted by Gasteiger charge is 2.71. The number of alkyl halides is 6. The molecule has 0 radical (unpaired) electrons. The zero-order valence-corrected chi connectivity index (χ0v) is 21.1. The molecule has 1 aliphatic heterocycles. The van der Waals surface area contributed by atoms with Crippen LogP contribution in [0.15, 0.2) is 70.3 Å². The number of hydrogen-bond acceptors (Lipinski definition) is 6. The van der Waals surface area contributed by atoms with Gasteiger partial charge in [0.05, 0.1) is 0 Å². The van der Waals surface area contributed by atoms with Crippen LogP contribution in [-0.2, 0) is 22.0 Å². The van der Waals surface area contributed by atoms with Gasteiger partial charge in [0.1, 0.15) is 9.96 Å². The number of phenolic OH excluding ortho intramolecular Hbond substituents is 1. The molecule has 206 valence electrons. The molecule has 6 nitrogen and oxygen atoms in total. The minimum absolute atomic E-state index is 0.00823. The first-order chi connectivity index (χ1) is 17.7. The first-order valence-corrected chi connectivity index (χ1v) is 13.5. The lowest BCUT2D eigenvalue weighted by molar-refractivity contribution is -0.376. The summed E-state index contributed by atoms with van der Waals surface area (Å²) in [6.07, 6.45) is -11.9. The molecule has 0 amide bonds. The molecule has 0 spiro atoms. The molecule has 0 saturated carbocycles. The molecule has 1 aliphatic rings.